The van der Waals surface area contributed by atoms with E-state index in [4.69, 9.17) is 0 Å². The largest absolute Gasteiger partial charge is 0.380 e. The fraction of sp³-hybridized carbons (Fsp3) is 0.167. The Bertz CT molecular complexity index is 703. The smallest absolute Gasteiger partial charge is 0.154 e. The van der Waals surface area contributed by atoms with E-state index >= 15 is 0 Å². The highest BCUT2D eigenvalue weighted by Gasteiger charge is 2.22. The van der Waals surface area contributed by atoms with Crippen LogP contribution in [0.15, 0.2) is 41.1 Å². The number of aliphatic hydroxyl groups is 1. The second kappa shape index (κ2) is 5.14. The molecule has 1 N–H and O–H groups in total. The maximum atomic E-state index is 10.4. The fourth-order valence-electron chi connectivity index (χ4n) is 1.86. The van der Waals surface area contributed by atoms with Crippen molar-refractivity contribution in [2.45, 2.75) is 6.10 Å². The molecule has 0 aliphatic carbocycles. The number of nitrogens with zero attached hydrogens (tertiary/aromatic N) is 6. The minimum absolute atomic E-state index is 0.431. The minimum Gasteiger partial charge on any atom is -0.380 e. The molecule has 3 rings (SSSR count). The Kier molecular flexibility index (Phi) is 3.33. The van der Waals surface area contributed by atoms with Crippen molar-refractivity contribution in [2.24, 2.45) is 7.05 Å². The maximum absolute atomic E-state index is 10.4. The Morgan fingerprint density at radius 3 is 2.65 bits per heavy atom. The molecule has 8 heteroatoms. The molecule has 0 saturated carbocycles. The van der Waals surface area contributed by atoms with Crippen molar-refractivity contribution in [3.63, 3.8) is 0 Å². The Morgan fingerprint density at radius 2 is 2.00 bits per heavy atom. The van der Waals surface area contributed by atoms with E-state index < -0.39 is 6.10 Å². The Balaban J connectivity index is 1.95. The molecule has 1 unspecified atom stereocenters. The van der Waals surface area contributed by atoms with Gasteiger partial charge in [0.05, 0.1) is 11.9 Å². The van der Waals surface area contributed by atoms with Crippen LogP contribution in [0.3, 0.4) is 0 Å². The van der Waals surface area contributed by atoms with Gasteiger partial charge in [0.1, 0.15) is 17.5 Å². The summed E-state index contributed by atoms with van der Waals surface area (Å²) in [7, 11) is 1.71. The SMILES string of the molecule is Cn1nnc(Br)c1C(O)c1cnn(-c2ccccc2)n1. The van der Waals surface area contributed by atoms with Crippen LogP contribution in [0.25, 0.3) is 5.69 Å². The van der Waals surface area contributed by atoms with Crippen molar-refractivity contribution in [1.29, 1.82) is 0 Å². The topological polar surface area (TPSA) is 81.6 Å². The van der Waals surface area contributed by atoms with Gasteiger partial charge in [-0.05, 0) is 28.1 Å². The van der Waals surface area contributed by atoms with Crippen molar-refractivity contribution in [1.82, 2.24) is 30.0 Å². The van der Waals surface area contributed by atoms with Crippen LogP contribution in [0.2, 0.25) is 0 Å². The third-order valence-corrected chi connectivity index (χ3v) is 3.43. The Labute approximate surface area is 123 Å². The average Bonchev–Trinajstić information content (AvgIpc) is 3.07. The lowest BCUT2D eigenvalue weighted by atomic mass is 10.2. The molecule has 0 radical (unpaired) electrons. The van der Waals surface area contributed by atoms with E-state index in [0.29, 0.717) is 16.0 Å². The van der Waals surface area contributed by atoms with Gasteiger partial charge < -0.3 is 5.11 Å². The van der Waals surface area contributed by atoms with Gasteiger partial charge >= 0.3 is 0 Å². The number of aromatic nitrogens is 6. The van der Waals surface area contributed by atoms with Crippen molar-refractivity contribution in [2.75, 3.05) is 0 Å². The molecule has 0 fully saturated rings. The second-order valence-corrected chi connectivity index (χ2v) is 4.94. The number of hydrogen-bond donors (Lipinski definition) is 1. The molecule has 7 nitrogen and oxygen atoms in total. The molecule has 2 heterocycles. The quantitative estimate of drug-likeness (QED) is 0.779. The van der Waals surface area contributed by atoms with Gasteiger partial charge in [-0.25, -0.2) is 4.68 Å². The van der Waals surface area contributed by atoms with Gasteiger partial charge in [-0.3, -0.25) is 0 Å². The lowest BCUT2D eigenvalue weighted by Crippen LogP contribution is -2.08. The number of benzene rings is 1. The zero-order chi connectivity index (χ0) is 14.1. The third kappa shape index (κ3) is 2.23. The minimum atomic E-state index is -0.943. The van der Waals surface area contributed by atoms with Crippen LogP contribution in [-0.2, 0) is 7.05 Å². The molecule has 0 amide bonds. The van der Waals surface area contributed by atoms with Gasteiger partial charge in [-0.1, -0.05) is 23.4 Å². The summed E-state index contributed by atoms with van der Waals surface area (Å²) in [5, 5.41) is 26.5. The summed E-state index contributed by atoms with van der Waals surface area (Å²) < 4.78 is 1.98. The first kappa shape index (κ1) is 12.9. The molecule has 1 atom stereocenters. The van der Waals surface area contributed by atoms with Crippen LogP contribution in [-0.4, -0.2) is 35.1 Å². The fourth-order valence-corrected chi connectivity index (χ4v) is 2.40. The number of hydrogen-bond acceptors (Lipinski definition) is 5. The molecular formula is C12H11BrN6O. The third-order valence-electron chi connectivity index (χ3n) is 2.86. The van der Waals surface area contributed by atoms with Gasteiger partial charge in [0.15, 0.2) is 4.60 Å². The number of halogens is 1. The molecule has 0 saturated heterocycles. The van der Waals surface area contributed by atoms with Crippen LogP contribution in [0.1, 0.15) is 17.5 Å². The lowest BCUT2D eigenvalue weighted by molar-refractivity contribution is 0.203. The van der Waals surface area contributed by atoms with Gasteiger partial charge in [-0.2, -0.15) is 15.0 Å². The Morgan fingerprint density at radius 1 is 1.25 bits per heavy atom. The summed E-state index contributed by atoms with van der Waals surface area (Å²) in [5.41, 5.74) is 1.79. The number of para-hydroxylation sites is 1. The van der Waals surface area contributed by atoms with Crippen molar-refractivity contribution >= 4 is 15.9 Å². The number of aliphatic hydroxyl groups excluding tert-OH is 1. The van der Waals surface area contributed by atoms with Crippen LogP contribution >= 0.6 is 15.9 Å². The van der Waals surface area contributed by atoms with Gasteiger partial charge in [0.2, 0.25) is 0 Å². The molecule has 20 heavy (non-hydrogen) atoms. The summed E-state index contributed by atoms with van der Waals surface area (Å²) in [6.07, 6.45) is 0.582. The molecule has 0 spiro atoms. The number of rotatable bonds is 3. The van der Waals surface area contributed by atoms with E-state index in [1.54, 1.807) is 7.05 Å². The predicted molar refractivity (Wildman–Crippen MR) is 74.1 cm³/mol. The summed E-state index contributed by atoms with van der Waals surface area (Å²) in [4.78, 5) is 1.47. The van der Waals surface area contributed by atoms with Gasteiger partial charge in [-0.15, -0.1) is 5.10 Å². The lowest BCUT2D eigenvalue weighted by Gasteiger charge is -2.07. The molecular weight excluding hydrogens is 324 g/mol. The molecule has 1 aromatic carbocycles. The molecule has 0 aliphatic rings. The highest BCUT2D eigenvalue weighted by molar-refractivity contribution is 9.10. The van der Waals surface area contributed by atoms with E-state index in [1.807, 2.05) is 30.3 Å². The van der Waals surface area contributed by atoms with Crippen molar-refractivity contribution in [3.8, 4) is 5.69 Å². The predicted octanol–water partition coefficient (Wildman–Crippen LogP) is 1.24. The summed E-state index contributed by atoms with van der Waals surface area (Å²) in [6, 6.07) is 9.49. The zero-order valence-electron chi connectivity index (χ0n) is 10.5. The monoisotopic (exact) mass is 334 g/mol. The van der Waals surface area contributed by atoms with Gasteiger partial charge in [0, 0.05) is 7.05 Å². The van der Waals surface area contributed by atoms with Crippen molar-refractivity contribution < 1.29 is 5.11 Å². The first-order valence-electron chi connectivity index (χ1n) is 5.87. The Hall–Kier alpha value is -2.06. The first-order chi connectivity index (χ1) is 9.66. The highest BCUT2D eigenvalue weighted by atomic mass is 79.9. The second-order valence-electron chi connectivity index (χ2n) is 4.19. The molecule has 3 aromatic rings. The zero-order valence-corrected chi connectivity index (χ0v) is 12.1. The highest BCUT2D eigenvalue weighted by Crippen LogP contribution is 2.25. The summed E-state index contributed by atoms with van der Waals surface area (Å²) in [5.74, 6) is 0. The maximum Gasteiger partial charge on any atom is 0.154 e. The molecule has 0 bridgehead atoms. The number of aryl methyl sites for hydroxylation is 1. The van der Waals surface area contributed by atoms with E-state index in [1.165, 1.54) is 15.7 Å². The molecule has 0 aliphatic heterocycles. The van der Waals surface area contributed by atoms with Gasteiger partial charge in [0.25, 0.3) is 0 Å². The average molecular weight is 335 g/mol. The summed E-state index contributed by atoms with van der Waals surface area (Å²) in [6.45, 7) is 0. The van der Waals surface area contributed by atoms with E-state index in [-0.39, 0.29) is 0 Å². The molecule has 2 aromatic heterocycles. The summed E-state index contributed by atoms with van der Waals surface area (Å²) >= 11 is 3.26. The van der Waals surface area contributed by atoms with Crippen LogP contribution in [0.4, 0.5) is 0 Å². The van der Waals surface area contributed by atoms with Crippen LogP contribution in [0.5, 0.6) is 0 Å². The van der Waals surface area contributed by atoms with E-state index in [0.717, 1.165) is 5.69 Å². The standard InChI is InChI=1S/C12H11BrN6O/c1-18-10(12(13)15-17-18)11(20)9-7-14-19(16-9)8-5-3-2-4-6-8/h2-7,11,20H,1H3. The normalized spacial score (nSPS) is 12.6. The van der Waals surface area contributed by atoms with Crippen molar-refractivity contribution in [3.05, 3.63) is 52.5 Å². The first-order valence-corrected chi connectivity index (χ1v) is 6.67. The van der Waals surface area contributed by atoms with Crippen LogP contribution in [0, 0.1) is 0 Å². The van der Waals surface area contributed by atoms with E-state index in [2.05, 4.69) is 36.4 Å². The van der Waals surface area contributed by atoms with Crippen LogP contribution < -0.4 is 0 Å². The molecule has 102 valence electrons. The van der Waals surface area contributed by atoms with E-state index in [9.17, 15) is 5.11 Å².